The highest BCUT2D eigenvalue weighted by atomic mass is 19.1. The Morgan fingerprint density at radius 2 is 1.93 bits per heavy atom. The first-order chi connectivity index (χ1) is 13.9. The topological polar surface area (TPSA) is 54.5 Å². The number of ether oxygens (including phenoxy) is 1. The van der Waals surface area contributed by atoms with Crippen LogP contribution in [0.4, 0.5) is 4.39 Å². The van der Waals surface area contributed by atoms with E-state index in [4.69, 9.17) is 4.74 Å². The van der Waals surface area contributed by atoms with E-state index >= 15 is 4.39 Å². The van der Waals surface area contributed by atoms with E-state index in [0.29, 0.717) is 50.5 Å². The summed E-state index contributed by atoms with van der Waals surface area (Å²) in [5.74, 6) is 0.563. The number of amides is 1. The summed E-state index contributed by atoms with van der Waals surface area (Å²) < 4.78 is 20.6. The molecule has 1 saturated heterocycles. The van der Waals surface area contributed by atoms with Crippen molar-refractivity contribution in [1.29, 1.82) is 0 Å². The molecule has 6 heteroatoms. The molecule has 0 saturated carbocycles. The second-order valence-electron chi connectivity index (χ2n) is 7.94. The summed E-state index contributed by atoms with van der Waals surface area (Å²) in [7, 11) is 0. The number of carbonyl (C=O) groups excluding carboxylic acids is 1. The lowest BCUT2D eigenvalue weighted by atomic mass is 9.92. The fourth-order valence-corrected chi connectivity index (χ4v) is 3.42. The van der Waals surface area contributed by atoms with Gasteiger partial charge in [0, 0.05) is 56.8 Å². The van der Waals surface area contributed by atoms with Crippen LogP contribution >= 0.6 is 0 Å². The van der Waals surface area contributed by atoms with Crippen LogP contribution < -0.4 is 10.1 Å². The largest absolute Gasteiger partial charge is 0.476 e. The lowest BCUT2D eigenvalue weighted by molar-refractivity contribution is 0.0433. The van der Waals surface area contributed by atoms with E-state index in [9.17, 15) is 4.79 Å². The Bertz CT molecular complexity index is 831. The number of nitrogens with zero attached hydrogens (tertiary/aromatic N) is 2. The van der Waals surface area contributed by atoms with Crippen molar-refractivity contribution in [2.75, 3.05) is 32.8 Å². The average Bonchev–Trinajstić information content (AvgIpc) is 2.71. The molecule has 29 heavy (non-hydrogen) atoms. The highest BCUT2D eigenvalue weighted by Gasteiger charge is 2.35. The molecule has 1 aromatic carbocycles. The maximum Gasteiger partial charge on any atom is 0.253 e. The molecule has 1 amide bonds. The van der Waals surface area contributed by atoms with Crippen molar-refractivity contribution in [2.45, 2.75) is 39.3 Å². The predicted octanol–water partition coefficient (Wildman–Crippen LogP) is 3.62. The number of benzene rings is 1. The minimum atomic E-state index is -1.29. The van der Waals surface area contributed by atoms with E-state index < -0.39 is 5.67 Å². The SMILES string of the molecule is Cc1ccc(OCCNCC2(F)CCN(C(=O)c3ccc(C)c(C)c3)CC2)nc1. The molecule has 2 heterocycles. The smallest absolute Gasteiger partial charge is 0.253 e. The standard InChI is InChI=1S/C23H30FN3O2/c1-17-4-7-21(26-15-17)29-13-10-25-16-23(24)8-11-27(12-9-23)22(28)20-6-5-18(2)19(3)14-20/h4-7,14-15,25H,8-13,16H2,1-3H3. The number of rotatable bonds is 7. The minimum Gasteiger partial charge on any atom is -0.476 e. The van der Waals surface area contributed by atoms with Crippen molar-refractivity contribution in [3.8, 4) is 5.88 Å². The van der Waals surface area contributed by atoms with Crippen molar-refractivity contribution in [1.82, 2.24) is 15.2 Å². The highest BCUT2D eigenvalue weighted by molar-refractivity contribution is 5.94. The van der Waals surface area contributed by atoms with Gasteiger partial charge in [0.25, 0.3) is 5.91 Å². The predicted molar refractivity (Wildman–Crippen MR) is 112 cm³/mol. The second kappa shape index (κ2) is 9.35. The van der Waals surface area contributed by atoms with E-state index in [1.165, 1.54) is 0 Å². The van der Waals surface area contributed by atoms with E-state index in [2.05, 4.69) is 10.3 Å². The third-order valence-corrected chi connectivity index (χ3v) is 5.56. The number of aryl methyl sites for hydroxylation is 3. The summed E-state index contributed by atoms with van der Waals surface area (Å²) in [6, 6.07) is 9.50. The summed E-state index contributed by atoms with van der Waals surface area (Å²) in [5, 5.41) is 3.14. The van der Waals surface area contributed by atoms with Gasteiger partial charge in [-0.25, -0.2) is 9.37 Å². The maximum atomic E-state index is 15.1. The Morgan fingerprint density at radius 3 is 2.59 bits per heavy atom. The molecule has 156 valence electrons. The molecule has 1 fully saturated rings. The number of halogens is 1. The number of carbonyl (C=O) groups is 1. The van der Waals surface area contributed by atoms with Crippen LogP contribution in [0.2, 0.25) is 0 Å². The molecular formula is C23H30FN3O2. The van der Waals surface area contributed by atoms with Crippen molar-refractivity contribution < 1.29 is 13.9 Å². The molecule has 0 unspecified atom stereocenters. The van der Waals surface area contributed by atoms with Crippen LogP contribution in [0.25, 0.3) is 0 Å². The number of hydrogen-bond donors (Lipinski definition) is 1. The first-order valence-electron chi connectivity index (χ1n) is 10.2. The summed E-state index contributed by atoms with van der Waals surface area (Å²) >= 11 is 0. The molecular weight excluding hydrogens is 369 g/mol. The summed E-state index contributed by atoms with van der Waals surface area (Å²) in [6.45, 7) is 8.12. The molecule has 0 atom stereocenters. The average molecular weight is 400 g/mol. The Kier molecular flexibility index (Phi) is 6.85. The van der Waals surface area contributed by atoms with Gasteiger partial charge in [-0.3, -0.25) is 4.79 Å². The van der Waals surface area contributed by atoms with Crippen LogP contribution in [-0.4, -0.2) is 54.2 Å². The zero-order valence-electron chi connectivity index (χ0n) is 17.5. The molecule has 1 aliphatic heterocycles. The quantitative estimate of drug-likeness (QED) is 0.723. The highest BCUT2D eigenvalue weighted by Crippen LogP contribution is 2.27. The molecule has 1 N–H and O–H groups in total. The van der Waals surface area contributed by atoms with Gasteiger partial charge in [-0.1, -0.05) is 12.1 Å². The van der Waals surface area contributed by atoms with Gasteiger partial charge in [0.1, 0.15) is 12.3 Å². The molecule has 0 bridgehead atoms. The van der Waals surface area contributed by atoms with Crippen LogP contribution in [0.1, 0.15) is 39.9 Å². The van der Waals surface area contributed by atoms with Gasteiger partial charge >= 0.3 is 0 Å². The van der Waals surface area contributed by atoms with E-state index in [1.807, 2.05) is 51.1 Å². The molecule has 3 rings (SSSR count). The van der Waals surface area contributed by atoms with Gasteiger partial charge in [0.15, 0.2) is 0 Å². The first-order valence-corrected chi connectivity index (χ1v) is 10.2. The van der Waals surface area contributed by atoms with Crippen molar-refractivity contribution in [3.05, 3.63) is 58.8 Å². The molecule has 0 radical (unpaired) electrons. The zero-order valence-corrected chi connectivity index (χ0v) is 17.5. The van der Waals surface area contributed by atoms with Gasteiger partial charge in [-0.15, -0.1) is 0 Å². The minimum absolute atomic E-state index is 0.0119. The molecule has 0 aliphatic carbocycles. The van der Waals surface area contributed by atoms with Gasteiger partial charge in [0.05, 0.1) is 0 Å². The summed E-state index contributed by atoms with van der Waals surface area (Å²) in [5.41, 5.74) is 2.73. The number of pyridine rings is 1. The number of likely N-dealkylation sites (tertiary alicyclic amines) is 1. The molecule has 0 spiro atoms. The van der Waals surface area contributed by atoms with Gasteiger partial charge in [-0.05, 0) is 49.6 Å². The number of aromatic nitrogens is 1. The van der Waals surface area contributed by atoms with E-state index in [1.54, 1.807) is 11.1 Å². The Balaban J connectivity index is 1.40. The Labute approximate surface area is 172 Å². The summed E-state index contributed by atoms with van der Waals surface area (Å²) in [6.07, 6.45) is 2.44. The van der Waals surface area contributed by atoms with Crippen LogP contribution in [0, 0.1) is 20.8 Å². The second-order valence-corrected chi connectivity index (χ2v) is 7.94. The van der Waals surface area contributed by atoms with Crippen LogP contribution in [0.3, 0.4) is 0 Å². The zero-order chi connectivity index (χ0) is 20.9. The van der Waals surface area contributed by atoms with Gasteiger partial charge < -0.3 is 15.0 Å². The fourth-order valence-electron chi connectivity index (χ4n) is 3.42. The van der Waals surface area contributed by atoms with Gasteiger partial charge in [0.2, 0.25) is 5.88 Å². The third kappa shape index (κ3) is 5.76. The monoisotopic (exact) mass is 399 g/mol. The van der Waals surface area contributed by atoms with Crippen molar-refractivity contribution in [2.24, 2.45) is 0 Å². The maximum absolute atomic E-state index is 15.1. The van der Waals surface area contributed by atoms with Gasteiger partial charge in [-0.2, -0.15) is 0 Å². The molecule has 1 aromatic heterocycles. The molecule has 2 aromatic rings. The molecule has 5 nitrogen and oxygen atoms in total. The van der Waals surface area contributed by atoms with Crippen LogP contribution in [-0.2, 0) is 0 Å². The lowest BCUT2D eigenvalue weighted by Gasteiger charge is -2.36. The number of alkyl halides is 1. The van der Waals surface area contributed by atoms with E-state index in [-0.39, 0.29) is 12.5 Å². The fraction of sp³-hybridized carbons (Fsp3) is 0.478. The van der Waals surface area contributed by atoms with Crippen LogP contribution in [0.5, 0.6) is 5.88 Å². The lowest BCUT2D eigenvalue weighted by Crippen LogP contribution is -2.49. The first kappa shape index (κ1) is 21.2. The van der Waals surface area contributed by atoms with Crippen LogP contribution in [0.15, 0.2) is 36.5 Å². The molecule has 1 aliphatic rings. The number of piperidine rings is 1. The number of hydrogen-bond acceptors (Lipinski definition) is 4. The Morgan fingerprint density at radius 1 is 1.17 bits per heavy atom. The Hall–Kier alpha value is -2.47. The van der Waals surface area contributed by atoms with Crippen molar-refractivity contribution in [3.63, 3.8) is 0 Å². The summed E-state index contributed by atoms with van der Waals surface area (Å²) in [4.78, 5) is 18.6. The van der Waals surface area contributed by atoms with E-state index in [0.717, 1.165) is 16.7 Å². The third-order valence-electron chi connectivity index (χ3n) is 5.56. The van der Waals surface area contributed by atoms with Crippen molar-refractivity contribution >= 4 is 5.91 Å². The number of nitrogens with one attached hydrogen (secondary N) is 1. The normalized spacial score (nSPS) is 15.9.